The highest BCUT2D eigenvalue weighted by Gasteiger charge is 2.33. The Morgan fingerprint density at radius 1 is 1.50 bits per heavy atom. The van der Waals surface area contributed by atoms with Crippen LogP contribution in [0.1, 0.15) is 12.5 Å². The summed E-state index contributed by atoms with van der Waals surface area (Å²) in [5, 5.41) is 4.30. The monoisotopic (exact) mass is 224 g/mol. The zero-order valence-electron chi connectivity index (χ0n) is 9.75. The lowest BCUT2D eigenvalue weighted by Crippen LogP contribution is -2.25. The molecule has 0 aromatic carbocycles. The lowest BCUT2D eigenvalue weighted by Gasteiger charge is -2.16. The van der Waals surface area contributed by atoms with Gasteiger partial charge in [0.15, 0.2) is 0 Å². The molecule has 90 valence electrons. The van der Waals surface area contributed by atoms with Crippen LogP contribution in [0.4, 0.5) is 0 Å². The first kappa shape index (κ1) is 11.6. The molecule has 1 aromatic rings. The van der Waals surface area contributed by atoms with Crippen LogP contribution in [0.15, 0.2) is 18.5 Å². The topological polar surface area (TPSA) is 56.3 Å². The van der Waals surface area contributed by atoms with Gasteiger partial charge in [-0.3, -0.25) is 9.58 Å². The highest BCUT2D eigenvalue weighted by molar-refractivity contribution is 4.92. The van der Waals surface area contributed by atoms with Crippen molar-refractivity contribution in [2.75, 3.05) is 33.3 Å². The van der Waals surface area contributed by atoms with Crippen LogP contribution in [0.2, 0.25) is 0 Å². The Morgan fingerprint density at radius 2 is 2.38 bits per heavy atom. The normalized spacial score (nSPS) is 26.4. The molecule has 0 saturated carbocycles. The van der Waals surface area contributed by atoms with E-state index in [1.54, 1.807) is 7.11 Å². The van der Waals surface area contributed by atoms with Crippen LogP contribution in [0.5, 0.6) is 0 Å². The van der Waals surface area contributed by atoms with Crippen molar-refractivity contribution < 1.29 is 4.74 Å². The first-order chi connectivity index (χ1) is 7.85. The Labute approximate surface area is 96.2 Å². The molecule has 0 aliphatic carbocycles. The van der Waals surface area contributed by atoms with Gasteiger partial charge in [-0.05, 0) is 25.6 Å². The highest BCUT2D eigenvalue weighted by atomic mass is 16.5. The van der Waals surface area contributed by atoms with Gasteiger partial charge in [0, 0.05) is 32.6 Å². The van der Waals surface area contributed by atoms with Gasteiger partial charge in [-0.25, -0.2) is 0 Å². The van der Waals surface area contributed by atoms with Gasteiger partial charge in [-0.15, -0.1) is 0 Å². The summed E-state index contributed by atoms with van der Waals surface area (Å²) in [5.41, 5.74) is 5.53. The van der Waals surface area contributed by atoms with Crippen LogP contribution in [0, 0.1) is 0 Å². The first-order valence-electron chi connectivity index (χ1n) is 5.79. The number of likely N-dealkylation sites (tertiary alicyclic amines) is 1. The predicted octanol–water partition coefficient (Wildman–Crippen LogP) is 0.104. The van der Waals surface area contributed by atoms with Crippen molar-refractivity contribution in [2.45, 2.75) is 18.6 Å². The highest BCUT2D eigenvalue weighted by Crippen LogP contribution is 2.23. The molecule has 2 rings (SSSR count). The van der Waals surface area contributed by atoms with Gasteiger partial charge in [-0.1, -0.05) is 0 Å². The van der Waals surface area contributed by atoms with Gasteiger partial charge in [0.05, 0.1) is 12.1 Å². The Hall–Kier alpha value is -0.910. The molecule has 0 radical (unpaired) electrons. The fraction of sp³-hybridized carbons (Fsp3) is 0.727. The third-order valence-corrected chi connectivity index (χ3v) is 3.16. The van der Waals surface area contributed by atoms with Crippen LogP contribution >= 0.6 is 0 Å². The second-order valence-electron chi connectivity index (χ2n) is 4.23. The maximum atomic E-state index is 5.53. The van der Waals surface area contributed by atoms with E-state index in [9.17, 15) is 0 Å². The van der Waals surface area contributed by atoms with E-state index in [4.69, 9.17) is 10.5 Å². The number of ether oxygens (including phenoxy) is 1. The fourth-order valence-electron chi connectivity index (χ4n) is 2.29. The van der Waals surface area contributed by atoms with Gasteiger partial charge in [0.2, 0.25) is 0 Å². The summed E-state index contributed by atoms with van der Waals surface area (Å²) in [5.74, 6) is 0. The molecule has 1 saturated heterocycles. The van der Waals surface area contributed by atoms with E-state index in [2.05, 4.69) is 10.00 Å². The minimum atomic E-state index is 0.234. The Balaban J connectivity index is 1.97. The number of rotatable bonds is 5. The van der Waals surface area contributed by atoms with Crippen LogP contribution in [-0.2, 0) is 4.74 Å². The standard InChI is InChI=1S/C11H20N4O/c1-16-11-9-14(6-2-4-12)8-10(11)15-7-3-5-13-15/h3,5,7,10-11H,2,4,6,8-9,12H2,1H3/t10-,11+/m1/s1. The largest absolute Gasteiger partial charge is 0.378 e. The lowest BCUT2D eigenvalue weighted by molar-refractivity contribution is 0.0781. The van der Waals surface area contributed by atoms with E-state index >= 15 is 0 Å². The van der Waals surface area contributed by atoms with Crippen molar-refractivity contribution in [1.82, 2.24) is 14.7 Å². The lowest BCUT2D eigenvalue weighted by atomic mass is 10.2. The van der Waals surface area contributed by atoms with Crippen molar-refractivity contribution in [1.29, 1.82) is 0 Å². The van der Waals surface area contributed by atoms with E-state index in [1.807, 2.05) is 23.1 Å². The van der Waals surface area contributed by atoms with E-state index in [0.29, 0.717) is 6.04 Å². The Kier molecular flexibility index (Phi) is 3.93. The molecule has 0 amide bonds. The minimum Gasteiger partial charge on any atom is -0.378 e. The molecule has 1 aliphatic heterocycles. The maximum absolute atomic E-state index is 5.53. The molecule has 0 spiro atoms. The molecular formula is C11H20N4O. The summed E-state index contributed by atoms with van der Waals surface area (Å²) in [6.07, 6.45) is 5.10. The molecule has 16 heavy (non-hydrogen) atoms. The molecule has 0 unspecified atom stereocenters. The minimum absolute atomic E-state index is 0.234. The number of methoxy groups -OCH3 is 1. The molecule has 2 heterocycles. The van der Waals surface area contributed by atoms with Gasteiger partial charge < -0.3 is 10.5 Å². The van der Waals surface area contributed by atoms with E-state index < -0.39 is 0 Å². The number of nitrogens with zero attached hydrogens (tertiary/aromatic N) is 3. The molecule has 5 nitrogen and oxygen atoms in total. The molecule has 1 aromatic heterocycles. The summed E-state index contributed by atoms with van der Waals surface area (Å²) >= 11 is 0. The molecule has 5 heteroatoms. The van der Waals surface area contributed by atoms with Gasteiger partial charge in [0.1, 0.15) is 0 Å². The number of nitrogens with two attached hydrogens (primary N) is 1. The van der Waals surface area contributed by atoms with E-state index in [1.165, 1.54) is 0 Å². The molecule has 2 atom stereocenters. The first-order valence-corrected chi connectivity index (χ1v) is 5.79. The second kappa shape index (κ2) is 5.43. The predicted molar refractivity (Wildman–Crippen MR) is 62.2 cm³/mol. The van der Waals surface area contributed by atoms with Crippen LogP contribution in [-0.4, -0.2) is 54.1 Å². The Bertz CT molecular complexity index is 301. The molecular weight excluding hydrogens is 204 g/mol. The maximum Gasteiger partial charge on any atom is 0.0934 e. The zero-order valence-corrected chi connectivity index (χ0v) is 9.75. The fourth-order valence-corrected chi connectivity index (χ4v) is 2.29. The van der Waals surface area contributed by atoms with Gasteiger partial charge in [-0.2, -0.15) is 5.10 Å². The van der Waals surface area contributed by atoms with Gasteiger partial charge in [0.25, 0.3) is 0 Å². The van der Waals surface area contributed by atoms with E-state index in [0.717, 1.165) is 32.6 Å². The van der Waals surface area contributed by atoms with Crippen molar-refractivity contribution >= 4 is 0 Å². The van der Waals surface area contributed by atoms with Crippen molar-refractivity contribution in [3.8, 4) is 0 Å². The summed E-state index contributed by atoms with van der Waals surface area (Å²) in [4.78, 5) is 2.40. The van der Waals surface area contributed by atoms with Crippen LogP contribution < -0.4 is 5.73 Å². The third kappa shape index (κ3) is 2.42. The number of aromatic nitrogens is 2. The second-order valence-corrected chi connectivity index (χ2v) is 4.23. The van der Waals surface area contributed by atoms with Crippen LogP contribution in [0.3, 0.4) is 0 Å². The van der Waals surface area contributed by atoms with Crippen molar-refractivity contribution in [3.05, 3.63) is 18.5 Å². The quantitative estimate of drug-likeness (QED) is 0.771. The Morgan fingerprint density at radius 3 is 3.00 bits per heavy atom. The summed E-state index contributed by atoms with van der Waals surface area (Å²) < 4.78 is 7.52. The summed E-state index contributed by atoms with van der Waals surface area (Å²) in [7, 11) is 1.77. The zero-order chi connectivity index (χ0) is 11.4. The van der Waals surface area contributed by atoms with Crippen molar-refractivity contribution in [2.24, 2.45) is 5.73 Å². The van der Waals surface area contributed by atoms with E-state index in [-0.39, 0.29) is 6.10 Å². The average Bonchev–Trinajstić information content (AvgIpc) is 2.94. The molecule has 1 fully saturated rings. The smallest absolute Gasteiger partial charge is 0.0934 e. The average molecular weight is 224 g/mol. The van der Waals surface area contributed by atoms with Crippen molar-refractivity contribution in [3.63, 3.8) is 0 Å². The number of hydrogen-bond acceptors (Lipinski definition) is 4. The molecule has 0 bridgehead atoms. The third-order valence-electron chi connectivity index (χ3n) is 3.16. The number of hydrogen-bond donors (Lipinski definition) is 1. The van der Waals surface area contributed by atoms with Crippen LogP contribution in [0.25, 0.3) is 0 Å². The molecule has 1 aliphatic rings. The van der Waals surface area contributed by atoms with Gasteiger partial charge >= 0.3 is 0 Å². The summed E-state index contributed by atoms with van der Waals surface area (Å²) in [6, 6.07) is 2.28. The SMILES string of the molecule is CO[C@H]1CN(CCCN)C[C@H]1n1cccn1. The summed E-state index contributed by atoms with van der Waals surface area (Å²) in [6.45, 7) is 3.77. The molecule has 2 N–H and O–H groups in total.